The predicted octanol–water partition coefficient (Wildman–Crippen LogP) is 3.69. The second kappa shape index (κ2) is 6.03. The SMILES string of the molecule is COc1cccc(C2=N/C(=C\c3ccccc3Cl)C(=O)O2)c1. The van der Waals surface area contributed by atoms with Crippen molar-refractivity contribution < 1.29 is 14.3 Å². The largest absolute Gasteiger partial charge is 0.497 e. The summed E-state index contributed by atoms with van der Waals surface area (Å²) in [6.45, 7) is 0. The molecule has 4 nitrogen and oxygen atoms in total. The first-order chi connectivity index (χ1) is 10.7. The lowest BCUT2D eigenvalue weighted by atomic mass is 10.2. The number of nitrogens with zero attached hydrogens (tertiary/aromatic N) is 1. The van der Waals surface area contributed by atoms with Crippen molar-refractivity contribution in [1.82, 2.24) is 0 Å². The molecule has 0 radical (unpaired) electrons. The third kappa shape index (κ3) is 2.87. The molecule has 0 unspecified atom stereocenters. The lowest BCUT2D eigenvalue weighted by Crippen LogP contribution is -2.05. The Morgan fingerprint density at radius 2 is 2.00 bits per heavy atom. The van der Waals surface area contributed by atoms with E-state index >= 15 is 0 Å². The summed E-state index contributed by atoms with van der Waals surface area (Å²) in [5.74, 6) is 0.416. The van der Waals surface area contributed by atoms with Crippen LogP contribution in [0.4, 0.5) is 0 Å². The third-order valence-electron chi connectivity index (χ3n) is 3.13. The van der Waals surface area contributed by atoms with Gasteiger partial charge in [-0.1, -0.05) is 35.9 Å². The van der Waals surface area contributed by atoms with Gasteiger partial charge in [0.1, 0.15) is 5.75 Å². The van der Waals surface area contributed by atoms with Crippen LogP contribution in [0.2, 0.25) is 5.02 Å². The lowest BCUT2D eigenvalue weighted by molar-refractivity contribution is -0.129. The van der Waals surface area contributed by atoms with E-state index in [4.69, 9.17) is 21.1 Å². The fraction of sp³-hybridized carbons (Fsp3) is 0.0588. The van der Waals surface area contributed by atoms with E-state index in [1.807, 2.05) is 18.2 Å². The molecule has 0 aliphatic carbocycles. The van der Waals surface area contributed by atoms with E-state index in [-0.39, 0.29) is 11.6 Å². The van der Waals surface area contributed by atoms with Gasteiger partial charge in [0.2, 0.25) is 5.90 Å². The molecule has 0 saturated heterocycles. The zero-order valence-electron chi connectivity index (χ0n) is 11.7. The van der Waals surface area contributed by atoms with E-state index in [1.165, 1.54) is 0 Å². The lowest BCUT2D eigenvalue weighted by Gasteiger charge is -2.02. The zero-order valence-corrected chi connectivity index (χ0v) is 12.5. The van der Waals surface area contributed by atoms with Gasteiger partial charge in [0.05, 0.1) is 7.11 Å². The number of methoxy groups -OCH3 is 1. The Balaban J connectivity index is 1.96. The van der Waals surface area contributed by atoms with Gasteiger partial charge >= 0.3 is 5.97 Å². The highest BCUT2D eigenvalue weighted by atomic mass is 35.5. The highest BCUT2D eigenvalue weighted by Crippen LogP contribution is 2.24. The molecule has 2 aromatic carbocycles. The number of halogens is 1. The van der Waals surface area contributed by atoms with Crippen LogP contribution < -0.4 is 4.74 Å². The van der Waals surface area contributed by atoms with Crippen molar-refractivity contribution in [2.45, 2.75) is 0 Å². The minimum absolute atomic E-state index is 0.214. The van der Waals surface area contributed by atoms with Crippen LogP contribution in [0.1, 0.15) is 11.1 Å². The van der Waals surface area contributed by atoms with Crippen molar-refractivity contribution in [2.24, 2.45) is 4.99 Å². The van der Waals surface area contributed by atoms with Gasteiger partial charge in [-0.15, -0.1) is 0 Å². The molecule has 0 amide bonds. The van der Waals surface area contributed by atoms with E-state index in [1.54, 1.807) is 43.5 Å². The van der Waals surface area contributed by atoms with E-state index in [2.05, 4.69) is 4.99 Å². The number of carbonyl (C=O) groups excluding carboxylic acids is 1. The first kappa shape index (κ1) is 14.4. The van der Waals surface area contributed by atoms with Crippen LogP contribution in [0.5, 0.6) is 5.75 Å². The Morgan fingerprint density at radius 3 is 2.77 bits per heavy atom. The summed E-state index contributed by atoms with van der Waals surface area (Å²) in [5.41, 5.74) is 1.60. The standard InChI is InChI=1S/C17H12ClNO3/c1-21-13-7-4-6-12(9-13)16-19-15(17(20)22-16)10-11-5-2-3-8-14(11)18/h2-10H,1H3/b15-10-. The fourth-order valence-corrected chi connectivity index (χ4v) is 2.22. The van der Waals surface area contributed by atoms with Gasteiger partial charge in [-0.25, -0.2) is 9.79 Å². The van der Waals surface area contributed by atoms with Crippen molar-refractivity contribution in [2.75, 3.05) is 7.11 Å². The minimum atomic E-state index is -0.502. The molecule has 110 valence electrons. The van der Waals surface area contributed by atoms with Gasteiger partial charge in [0.25, 0.3) is 0 Å². The molecule has 0 N–H and O–H groups in total. The molecule has 0 bridgehead atoms. The van der Waals surface area contributed by atoms with E-state index in [0.29, 0.717) is 21.9 Å². The summed E-state index contributed by atoms with van der Waals surface area (Å²) >= 11 is 6.08. The average Bonchev–Trinajstić information content (AvgIpc) is 2.91. The summed E-state index contributed by atoms with van der Waals surface area (Å²) in [7, 11) is 1.57. The quantitative estimate of drug-likeness (QED) is 0.641. The molecule has 3 rings (SSSR count). The topological polar surface area (TPSA) is 47.9 Å². The van der Waals surface area contributed by atoms with Gasteiger partial charge < -0.3 is 9.47 Å². The zero-order chi connectivity index (χ0) is 15.5. The maximum Gasteiger partial charge on any atom is 0.363 e. The number of rotatable bonds is 3. The Hall–Kier alpha value is -2.59. The maximum absolute atomic E-state index is 11.9. The van der Waals surface area contributed by atoms with Crippen molar-refractivity contribution in [3.8, 4) is 5.75 Å². The smallest absolute Gasteiger partial charge is 0.363 e. The van der Waals surface area contributed by atoms with Crippen molar-refractivity contribution in [3.63, 3.8) is 0 Å². The molecule has 0 fully saturated rings. The normalized spacial score (nSPS) is 15.6. The second-order valence-electron chi connectivity index (χ2n) is 4.59. The predicted molar refractivity (Wildman–Crippen MR) is 85.1 cm³/mol. The summed E-state index contributed by atoms with van der Waals surface area (Å²) in [4.78, 5) is 16.2. The summed E-state index contributed by atoms with van der Waals surface area (Å²) in [5, 5.41) is 0.549. The highest BCUT2D eigenvalue weighted by molar-refractivity contribution is 6.32. The van der Waals surface area contributed by atoms with Crippen molar-refractivity contribution in [3.05, 3.63) is 70.4 Å². The van der Waals surface area contributed by atoms with Crippen molar-refractivity contribution >= 4 is 29.5 Å². The molecule has 5 heteroatoms. The van der Waals surface area contributed by atoms with Crippen LogP contribution in [0, 0.1) is 0 Å². The third-order valence-corrected chi connectivity index (χ3v) is 3.48. The Kier molecular flexibility index (Phi) is 3.94. The number of hydrogen-bond acceptors (Lipinski definition) is 4. The number of carbonyl (C=O) groups is 1. The Bertz CT molecular complexity index is 796. The second-order valence-corrected chi connectivity index (χ2v) is 5.00. The first-order valence-electron chi connectivity index (χ1n) is 6.59. The number of ether oxygens (including phenoxy) is 2. The highest BCUT2D eigenvalue weighted by Gasteiger charge is 2.24. The van der Waals surface area contributed by atoms with Crippen LogP contribution in [-0.4, -0.2) is 19.0 Å². The van der Waals surface area contributed by atoms with Crippen LogP contribution in [0.15, 0.2) is 59.2 Å². The fourth-order valence-electron chi connectivity index (χ4n) is 2.03. The Labute approximate surface area is 132 Å². The summed E-state index contributed by atoms with van der Waals surface area (Å²) < 4.78 is 10.4. The molecule has 0 atom stereocenters. The molecule has 0 saturated carbocycles. The Morgan fingerprint density at radius 1 is 1.18 bits per heavy atom. The molecular formula is C17H12ClNO3. The van der Waals surface area contributed by atoms with E-state index in [9.17, 15) is 4.79 Å². The molecule has 1 aliphatic rings. The van der Waals surface area contributed by atoms with Crippen LogP contribution in [0.25, 0.3) is 6.08 Å². The maximum atomic E-state index is 11.9. The van der Waals surface area contributed by atoms with Crippen molar-refractivity contribution in [1.29, 1.82) is 0 Å². The summed E-state index contributed by atoms with van der Waals surface area (Å²) in [6.07, 6.45) is 1.61. The average molecular weight is 314 g/mol. The molecule has 22 heavy (non-hydrogen) atoms. The number of benzene rings is 2. The molecule has 1 aliphatic heterocycles. The molecule has 0 aromatic heterocycles. The number of aliphatic imine (C=N–C) groups is 1. The van der Waals surface area contributed by atoms with E-state index in [0.717, 1.165) is 0 Å². The van der Waals surface area contributed by atoms with Crippen LogP contribution >= 0.6 is 11.6 Å². The number of esters is 1. The molecule has 1 heterocycles. The summed E-state index contributed by atoms with van der Waals surface area (Å²) in [6, 6.07) is 14.4. The van der Waals surface area contributed by atoms with Gasteiger partial charge in [-0.05, 0) is 35.9 Å². The number of hydrogen-bond donors (Lipinski definition) is 0. The van der Waals surface area contributed by atoms with Gasteiger partial charge in [-0.3, -0.25) is 0 Å². The monoisotopic (exact) mass is 313 g/mol. The number of cyclic esters (lactones) is 1. The molecular weight excluding hydrogens is 302 g/mol. The molecule has 2 aromatic rings. The van der Waals surface area contributed by atoms with Gasteiger partial charge in [0.15, 0.2) is 5.70 Å². The van der Waals surface area contributed by atoms with Crippen LogP contribution in [0.3, 0.4) is 0 Å². The van der Waals surface area contributed by atoms with Gasteiger partial charge in [0, 0.05) is 10.6 Å². The van der Waals surface area contributed by atoms with Crippen LogP contribution in [-0.2, 0) is 9.53 Å². The first-order valence-corrected chi connectivity index (χ1v) is 6.96. The van der Waals surface area contributed by atoms with E-state index < -0.39 is 5.97 Å². The minimum Gasteiger partial charge on any atom is -0.497 e. The molecule has 0 spiro atoms. The van der Waals surface area contributed by atoms with Gasteiger partial charge in [-0.2, -0.15) is 0 Å².